The van der Waals surface area contributed by atoms with Crippen LogP contribution in [0.15, 0.2) is 72.8 Å². The predicted octanol–water partition coefficient (Wildman–Crippen LogP) is 13.0. The minimum absolute atomic E-state index is 0.00394. The third-order valence-corrected chi connectivity index (χ3v) is 13.9. The highest BCUT2D eigenvalue weighted by atomic mass is 19.4. The molecule has 2 aliphatic heterocycles. The van der Waals surface area contributed by atoms with Gasteiger partial charge in [0.2, 0.25) is 0 Å². The second kappa shape index (κ2) is 30.1. The van der Waals surface area contributed by atoms with E-state index < -0.39 is 77.0 Å². The number of methoxy groups -OCH3 is 2. The molecule has 73 heavy (non-hydrogen) atoms. The van der Waals surface area contributed by atoms with Crippen LogP contribution in [0.3, 0.4) is 0 Å². The van der Waals surface area contributed by atoms with Crippen LogP contribution in [-0.4, -0.2) is 86.6 Å². The number of unbranched alkanes of at least 4 members (excludes halogenated alkanes) is 10. The van der Waals surface area contributed by atoms with Gasteiger partial charge in [-0.05, 0) is 90.4 Å². The zero-order chi connectivity index (χ0) is 53.5. The molecule has 8 atom stereocenters. The van der Waals surface area contributed by atoms with Gasteiger partial charge in [-0.1, -0.05) is 125 Å². The first-order chi connectivity index (χ1) is 34.8. The highest BCUT2D eigenvalue weighted by molar-refractivity contribution is 5.84. The van der Waals surface area contributed by atoms with Crippen LogP contribution in [0.25, 0.3) is 0 Å². The Morgan fingerprint density at radius 2 is 1.12 bits per heavy atom. The zero-order valence-electron chi connectivity index (χ0n) is 42.9. The summed E-state index contributed by atoms with van der Waals surface area (Å²) >= 11 is 0. The molecule has 17 heteroatoms. The molecule has 0 amide bonds. The molecule has 2 aromatic carbocycles. The molecule has 2 saturated heterocycles. The lowest BCUT2D eigenvalue weighted by atomic mass is 9.92. The Kier molecular flexibility index (Phi) is 25.1. The molecule has 2 aromatic rings. The van der Waals surface area contributed by atoms with Gasteiger partial charge in [-0.3, -0.25) is 9.59 Å². The Hall–Kier alpha value is -4.61. The van der Waals surface area contributed by atoms with E-state index in [1.165, 1.54) is 56.2 Å². The van der Waals surface area contributed by atoms with Gasteiger partial charge < -0.3 is 33.2 Å². The Morgan fingerprint density at radius 3 is 1.63 bits per heavy atom. The molecule has 0 unspecified atom stereocenters. The lowest BCUT2D eigenvalue weighted by Gasteiger charge is -2.35. The molecule has 0 aliphatic carbocycles. The van der Waals surface area contributed by atoms with Gasteiger partial charge in [-0.25, -0.2) is 9.59 Å². The summed E-state index contributed by atoms with van der Waals surface area (Å²) in [6.45, 7) is 3.59. The van der Waals surface area contributed by atoms with Crippen molar-refractivity contribution in [2.75, 3.05) is 14.2 Å². The summed E-state index contributed by atoms with van der Waals surface area (Å²) in [6.07, 6.45) is 1.56. The molecule has 0 aromatic heterocycles. The van der Waals surface area contributed by atoms with Crippen LogP contribution < -0.4 is 0 Å². The van der Waals surface area contributed by atoms with E-state index in [9.17, 15) is 24.0 Å². The number of benzene rings is 2. The fourth-order valence-corrected chi connectivity index (χ4v) is 9.88. The summed E-state index contributed by atoms with van der Waals surface area (Å²) in [4.78, 5) is 64.4. The minimum atomic E-state index is -5.28. The molecule has 408 valence electrons. The molecular formula is C56H76F6O11. The van der Waals surface area contributed by atoms with Crippen LogP contribution in [0, 0.1) is 5.92 Å². The van der Waals surface area contributed by atoms with Crippen LogP contribution in [0.4, 0.5) is 26.3 Å². The topological polar surface area (TPSA) is 141 Å². The highest BCUT2D eigenvalue weighted by Gasteiger charge is 2.66. The first kappa shape index (κ1) is 60.9. The van der Waals surface area contributed by atoms with Crippen molar-refractivity contribution in [3.63, 3.8) is 0 Å². The van der Waals surface area contributed by atoms with Crippen molar-refractivity contribution in [1.82, 2.24) is 0 Å². The number of hydrogen-bond acceptors (Lipinski definition) is 11. The highest BCUT2D eigenvalue weighted by Crippen LogP contribution is 2.46. The fraction of sp³-hybridized carbons (Fsp3) is 0.661. The quantitative estimate of drug-likeness (QED) is 0.0217. The molecule has 0 saturated carbocycles. The number of ether oxygens (including phenoxy) is 6. The Morgan fingerprint density at radius 1 is 0.644 bits per heavy atom. The van der Waals surface area contributed by atoms with Gasteiger partial charge in [0.15, 0.2) is 0 Å². The Labute approximate surface area is 426 Å². The number of hydrogen-bond donors (Lipinski definition) is 0. The van der Waals surface area contributed by atoms with E-state index in [1.807, 2.05) is 12.2 Å². The van der Waals surface area contributed by atoms with Crippen molar-refractivity contribution in [3.8, 4) is 0 Å². The average Bonchev–Trinajstić information content (AvgIpc) is 3.98. The fourth-order valence-electron chi connectivity index (χ4n) is 9.88. The molecule has 0 radical (unpaired) electrons. The standard InChI is InChI=1S/C56H76F6O11/c1-5-6-7-8-9-10-11-12-13-14-23-34-46(72-51(66)53(68-3,55(57,58)59)42-27-18-15-19-28-42)48-36-37-49(71-48)47(73-52(67)54(69-4,56(60,61)62)43-29-20-16-21-30-43)35-24-17-22-31-44(64)32-25-26-33-45-39-41(38-40(2)63)50(65)70-45/h13-16,18-21,27-30,41,45-49H,5-12,17,22-26,31-39H2,1-4H3/b14-13-/t41-,45+,46+,47+,48+,49+,53-,54-/m0/s1. The molecule has 2 heterocycles. The van der Waals surface area contributed by atoms with E-state index in [4.69, 9.17) is 28.4 Å². The normalized spacial score (nSPS) is 20.8. The predicted molar refractivity (Wildman–Crippen MR) is 261 cm³/mol. The van der Waals surface area contributed by atoms with Crippen LogP contribution in [0.1, 0.15) is 173 Å². The molecule has 0 spiro atoms. The van der Waals surface area contributed by atoms with Crippen LogP contribution >= 0.6 is 0 Å². The van der Waals surface area contributed by atoms with Gasteiger partial charge in [0.05, 0.1) is 18.1 Å². The van der Waals surface area contributed by atoms with E-state index in [0.717, 1.165) is 77.0 Å². The van der Waals surface area contributed by atoms with Gasteiger partial charge >= 0.3 is 30.3 Å². The average molecular weight is 1040 g/mol. The first-order valence-electron chi connectivity index (χ1n) is 26.1. The zero-order valence-corrected chi connectivity index (χ0v) is 42.9. The van der Waals surface area contributed by atoms with Crippen LogP contribution in [-0.2, 0) is 63.6 Å². The summed E-state index contributed by atoms with van der Waals surface area (Å²) in [6, 6.07) is 12.7. The molecular weight excluding hydrogens is 963 g/mol. The Bertz CT molecular complexity index is 2030. The smallest absolute Gasteiger partial charge is 0.432 e. The van der Waals surface area contributed by atoms with Crippen molar-refractivity contribution in [2.24, 2.45) is 5.92 Å². The maximum atomic E-state index is 15.1. The van der Waals surface area contributed by atoms with Gasteiger partial charge in [0.1, 0.15) is 29.9 Å². The van der Waals surface area contributed by atoms with Crippen molar-refractivity contribution in [1.29, 1.82) is 0 Å². The summed E-state index contributed by atoms with van der Waals surface area (Å²) < 4.78 is 124. The maximum absolute atomic E-state index is 15.1. The van der Waals surface area contributed by atoms with Crippen LogP contribution in [0.5, 0.6) is 0 Å². The van der Waals surface area contributed by atoms with E-state index >= 15 is 26.3 Å². The van der Waals surface area contributed by atoms with Crippen molar-refractivity contribution in [3.05, 3.63) is 83.9 Å². The number of cyclic esters (lactones) is 1. The Balaban J connectivity index is 1.49. The van der Waals surface area contributed by atoms with Crippen molar-refractivity contribution in [2.45, 2.75) is 216 Å². The molecule has 2 fully saturated rings. The third-order valence-electron chi connectivity index (χ3n) is 13.9. The molecule has 4 rings (SSSR count). The van der Waals surface area contributed by atoms with Gasteiger partial charge in [-0.2, -0.15) is 26.3 Å². The van der Waals surface area contributed by atoms with Gasteiger partial charge in [0, 0.05) is 44.6 Å². The third kappa shape index (κ3) is 17.5. The number of allylic oxidation sites excluding steroid dienone is 2. The number of carbonyl (C=O) groups is 5. The summed E-state index contributed by atoms with van der Waals surface area (Å²) in [5, 5.41) is 0. The summed E-state index contributed by atoms with van der Waals surface area (Å²) in [7, 11) is 1.52. The number of halogens is 6. The molecule has 11 nitrogen and oxygen atoms in total. The lowest BCUT2D eigenvalue weighted by Crippen LogP contribution is -2.53. The summed E-state index contributed by atoms with van der Waals surface area (Å²) in [5.41, 5.74) is -8.04. The van der Waals surface area contributed by atoms with Crippen molar-refractivity contribution < 1.29 is 78.7 Å². The largest absolute Gasteiger partial charge is 0.462 e. The summed E-state index contributed by atoms with van der Waals surface area (Å²) in [5.74, 6) is -4.34. The van der Waals surface area contributed by atoms with E-state index in [-0.39, 0.29) is 62.2 Å². The number of Topliss-reactive ketones (excluding diaryl/α,β-unsaturated/α-hetero) is 2. The SMILES string of the molecule is CCCCCCCCC/C=C\CC[C@@H](OC(=O)[C@@](OC)(c1ccccc1)C(F)(F)F)[C@H]1CC[C@H]([C@@H](CCCCCC(=O)CCCC[C@@H]2C[C@H](CC(C)=O)C(=O)O2)OC(=O)[C@@](OC)(c2ccccc2)C(F)(F)F)O1. The van der Waals surface area contributed by atoms with Crippen LogP contribution in [0.2, 0.25) is 0 Å². The number of rotatable bonds is 34. The van der Waals surface area contributed by atoms with E-state index in [2.05, 4.69) is 6.92 Å². The number of ketones is 2. The lowest BCUT2D eigenvalue weighted by molar-refractivity contribution is -0.280. The molecule has 0 N–H and O–H groups in total. The molecule has 0 bridgehead atoms. The van der Waals surface area contributed by atoms with Gasteiger partial charge in [0.25, 0.3) is 11.2 Å². The number of alkyl halides is 6. The second-order valence-electron chi connectivity index (χ2n) is 19.4. The maximum Gasteiger partial charge on any atom is 0.432 e. The second-order valence-corrected chi connectivity index (χ2v) is 19.4. The minimum Gasteiger partial charge on any atom is -0.462 e. The van der Waals surface area contributed by atoms with E-state index in [1.54, 1.807) is 0 Å². The van der Waals surface area contributed by atoms with Gasteiger partial charge in [-0.15, -0.1) is 0 Å². The van der Waals surface area contributed by atoms with E-state index in [0.29, 0.717) is 57.8 Å². The van der Waals surface area contributed by atoms with Crippen molar-refractivity contribution >= 4 is 29.5 Å². The number of esters is 3. The molecule has 2 aliphatic rings. The number of carbonyl (C=O) groups excluding carboxylic acids is 5. The monoisotopic (exact) mass is 1040 g/mol. The first-order valence-corrected chi connectivity index (χ1v) is 26.1.